The molecule has 0 aromatic heterocycles. The molecule has 2 aromatic rings. The Balaban J connectivity index is 2.24. The zero-order valence-electron chi connectivity index (χ0n) is 19.7. The summed E-state index contributed by atoms with van der Waals surface area (Å²) in [6.45, 7) is 5.54. The zero-order chi connectivity index (χ0) is 25.3. The number of nitro groups is 1. The summed E-state index contributed by atoms with van der Waals surface area (Å²) in [5.74, 6) is -0.388. The maximum Gasteiger partial charge on any atom is 0.311 e. The zero-order valence-corrected chi connectivity index (χ0v) is 20.5. The molecule has 2 aromatic carbocycles. The van der Waals surface area contributed by atoms with E-state index in [-0.39, 0.29) is 42.3 Å². The summed E-state index contributed by atoms with van der Waals surface area (Å²) in [7, 11) is 1.31. The van der Waals surface area contributed by atoms with E-state index in [4.69, 9.17) is 21.1 Å². The average Bonchev–Trinajstić information content (AvgIpc) is 2.83. The first-order valence-corrected chi connectivity index (χ1v) is 11.4. The second kappa shape index (κ2) is 12.8. The number of amides is 2. The molecule has 0 aliphatic rings. The Hall–Kier alpha value is -3.33. The van der Waals surface area contributed by atoms with Crippen LogP contribution in [0.2, 0.25) is 5.02 Å². The second-order valence-electron chi connectivity index (χ2n) is 7.77. The van der Waals surface area contributed by atoms with Crippen molar-refractivity contribution in [3.05, 3.63) is 63.2 Å². The molecule has 0 saturated carbocycles. The van der Waals surface area contributed by atoms with Crippen molar-refractivity contribution in [2.24, 2.45) is 0 Å². The Morgan fingerprint density at radius 1 is 1.15 bits per heavy atom. The SMILES string of the molecule is CC[C@@H](C)NC(=O)[C@H](CC)N(Cc1ccc(Cl)cc1)C(=O)COc1ccc([N+](=O)[O-])c(OC)c1. The smallest absolute Gasteiger partial charge is 0.311 e. The highest BCUT2D eigenvalue weighted by molar-refractivity contribution is 6.30. The van der Waals surface area contributed by atoms with Gasteiger partial charge in [0, 0.05) is 29.7 Å². The average molecular weight is 492 g/mol. The van der Waals surface area contributed by atoms with Crippen molar-refractivity contribution in [3.8, 4) is 11.5 Å². The third-order valence-corrected chi connectivity index (χ3v) is 5.62. The van der Waals surface area contributed by atoms with E-state index in [2.05, 4.69) is 5.32 Å². The molecule has 0 radical (unpaired) electrons. The fourth-order valence-electron chi connectivity index (χ4n) is 3.27. The summed E-state index contributed by atoms with van der Waals surface area (Å²) in [5.41, 5.74) is 0.600. The lowest BCUT2D eigenvalue weighted by Gasteiger charge is -2.31. The maximum atomic E-state index is 13.2. The molecule has 184 valence electrons. The van der Waals surface area contributed by atoms with E-state index in [1.807, 2.05) is 20.8 Å². The minimum atomic E-state index is -0.702. The molecule has 0 unspecified atom stereocenters. The van der Waals surface area contributed by atoms with Crippen LogP contribution in [0.4, 0.5) is 5.69 Å². The van der Waals surface area contributed by atoms with Gasteiger partial charge in [-0.15, -0.1) is 0 Å². The number of ether oxygens (including phenoxy) is 2. The van der Waals surface area contributed by atoms with Gasteiger partial charge in [-0.3, -0.25) is 19.7 Å². The van der Waals surface area contributed by atoms with Crippen LogP contribution in [0.15, 0.2) is 42.5 Å². The van der Waals surface area contributed by atoms with Crippen LogP contribution in [-0.2, 0) is 16.1 Å². The normalized spacial score (nSPS) is 12.4. The Morgan fingerprint density at radius 2 is 1.82 bits per heavy atom. The predicted molar refractivity (Wildman–Crippen MR) is 129 cm³/mol. The number of halogens is 1. The van der Waals surface area contributed by atoms with Crippen molar-refractivity contribution >= 4 is 29.1 Å². The summed E-state index contributed by atoms with van der Waals surface area (Å²) in [5, 5.41) is 14.6. The molecule has 34 heavy (non-hydrogen) atoms. The van der Waals surface area contributed by atoms with E-state index in [1.54, 1.807) is 24.3 Å². The molecule has 0 spiro atoms. The minimum absolute atomic E-state index is 0.0207. The molecule has 0 aliphatic carbocycles. The van der Waals surface area contributed by atoms with Crippen molar-refractivity contribution in [3.63, 3.8) is 0 Å². The minimum Gasteiger partial charge on any atom is -0.490 e. The molecule has 0 heterocycles. The van der Waals surface area contributed by atoms with Gasteiger partial charge in [0.1, 0.15) is 11.8 Å². The first-order chi connectivity index (χ1) is 16.2. The van der Waals surface area contributed by atoms with Crippen LogP contribution in [0.1, 0.15) is 39.2 Å². The molecule has 2 atom stereocenters. The number of nitro benzene ring substituents is 1. The lowest BCUT2D eigenvalue weighted by molar-refractivity contribution is -0.385. The highest BCUT2D eigenvalue weighted by Crippen LogP contribution is 2.30. The monoisotopic (exact) mass is 491 g/mol. The van der Waals surface area contributed by atoms with E-state index in [1.165, 1.54) is 30.2 Å². The Bertz CT molecular complexity index is 999. The third kappa shape index (κ3) is 7.34. The Morgan fingerprint density at radius 3 is 2.38 bits per heavy atom. The lowest BCUT2D eigenvalue weighted by Crippen LogP contribution is -2.51. The van der Waals surface area contributed by atoms with E-state index in [9.17, 15) is 19.7 Å². The van der Waals surface area contributed by atoms with Gasteiger partial charge in [-0.1, -0.05) is 37.6 Å². The first kappa shape index (κ1) is 26.9. The molecule has 2 rings (SSSR count). The second-order valence-corrected chi connectivity index (χ2v) is 8.21. The molecule has 10 heteroatoms. The lowest BCUT2D eigenvalue weighted by atomic mass is 10.1. The molecule has 2 amide bonds. The van der Waals surface area contributed by atoms with Crippen LogP contribution in [0.5, 0.6) is 11.5 Å². The van der Waals surface area contributed by atoms with Gasteiger partial charge >= 0.3 is 5.69 Å². The van der Waals surface area contributed by atoms with Gasteiger partial charge in [0.2, 0.25) is 11.7 Å². The summed E-state index contributed by atoms with van der Waals surface area (Å²) in [4.78, 5) is 38.2. The van der Waals surface area contributed by atoms with Gasteiger partial charge in [-0.2, -0.15) is 0 Å². The Kier molecular flexibility index (Phi) is 10.1. The quantitative estimate of drug-likeness (QED) is 0.349. The fraction of sp³-hybridized carbons (Fsp3) is 0.417. The van der Waals surface area contributed by atoms with Crippen LogP contribution in [0, 0.1) is 10.1 Å². The Labute approximate surface area is 204 Å². The topological polar surface area (TPSA) is 111 Å². The van der Waals surface area contributed by atoms with Crippen molar-refractivity contribution in [1.82, 2.24) is 10.2 Å². The molecule has 0 fully saturated rings. The molecule has 9 nitrogen and oxygen atoms in total. The summed E-state index contributed by atoms with van der Waals surface area (Å²) >= 11 is 5.98. The number of rotatable bonds is 12. The third-order valence-electron chi connectivity index (χ3n) is 5.36. The van der Waals surface area contributed by atoms with Gasteiger partial charge in [-0.25, -0.2) is 0 Å². The highest BCUT2D eigenvalue weighted by Gasteiger charge is 2.29. The molecule has 0 aliphatic heterocycles. The molecule has 0 bridgehead atoms. The van der Waals surface area contributed by atoms with Gasteiger partial charge in [0.15, 0.2) is 6.61 Å². The molecule has 1 N–H and O–H groups in total. The van der Waals surface area contributed by atoms with Crippen LogP contribution in [0.25, 0.3) is 0 Å². The van der Waals surface area contributed by atoms with Crippen molar-refractivity contribution < 1.29 is 24.0 Å². The predicted octanol–water partition coefficient (Wildman–Crippen LogP) is 4.36. The number of carbonyl (C=O) groups is 2. The maximum absolute atomic E-state index is 13.2. The van der Waals surface area contributed by atoms with Gasteiger partial charge in [-0.05, 0) is 43.5 Å². The summed E-state index contributed by atoms with van der Waals surface area (Å²) in [6, 6.07) is 10.3. The van der Waals surface area contributed by atoms with Crippen LogP contribution in [-0.4, -0.2) is 47.4 Å². The summed E-state index contributed by atoms with van der Waals surface area (Å²) < 4.78 is 10.7. The fourth-order valence-corrected chi connectivity index (χ4v) is 3.40. The molecular weight excluding hydrogens is 462 g/mol. The van der Waals surface area contributed by atoms with Crippen LogP contribution in [0.3, 0.4) is 0 Å². The van der Waals surface area contributed by atoms with Gasteiger partial charge in [0.25, 0.3) is 5.91 Å². The van der Waals surface area contributed by atoms with E-state index < -0.39 is 16.9 Å². The number of carbonyl (C=O) groups excluding carboxylic acids is 2. The number of benzene rings is 2. The van der Waals surface area contributed by atoms with E-state index >= 15 is 0 Å². The van der Waals surface area contributed by atoms with Crippen molar-refractivity contribution in [2.45, 2.75) is 52.2 Å². The van der Waals surface area contributed by atoms with E-state index in [0.29, 0.717) is 11.4 Å². The largest absolute Gasteiger partial charge is 0.490 e. The standard InChI is InChI=1S/C24H30ClN3O6/c1-5-16(3)26-24(30)20(6-2)27(14-17-7-9-18(25)10-8-17)23(29)15-34-19-11-12-21(28(31)32)22(13-19)33-4/h7-13,16,20H,5-6,14-15H2,1-4H3,(H,26,30)/t16-,20+/m1/s1. The first-order valence-electron chi connectivity index (χ1n) is 11.0. The van der Waals surface area contributed by atoms with Crippen LogP contribution >= 0.6 is 11.6 Å². The summed E-state index contributed by atoms with van der Waals surface area (Å²) in [6.07, 6.45) is 1.17. The molecule has 0 saturated heterocycles. The van der Waals surface area contributed by atoms with Gasteiger partial charge in [0.05, 0.1) is 12.0 Å². The van der Waals surface area contributed by atoms with E-state index in [0.717, 1.165) is 12.0 Å². The van der Waals surface area contributed by atoms with Gasteiger partial charge < -0.3 is 19.7 Å². The van der Waals surface area contributed by atoms with Crippen LogP contribution < -0.4 is 14.8 Å². The number of methoxy groups -OCH3 is 1. The number of hydrogen-bond acceptors (Lipinski definition) is 6. The van der Waals surface area contributed by atoms with Crippen molar-refractivity contribution in [2.75, 3.05) is 13.7 Å². The number of nitrogens with one attached hydrogen (secondary N) is 1. The highest BCUT2D eigenvalue weighted by atomic mass is 35.5. The number of nitrogens with zero attached hydrogens (tertiary/aromatic N) is 2. The van der Waals surface area contributed by atoms with Crippen molar-refractivity contribution in [1.29, 1.82) is 0 Å². The molecular formula is C24H30ClN3O6. The number of hydrogen-bond donors (Lipinski definition) is 1.